The minimum absolute atomic E-state index is 0.0578. The Labute approximate surface area is 242 Å². The summed E-state index contributed by atoms with van der Waals surface area (Å²) in [5.41, 5.74) is 3.72. The minimum Gasteiger partial charge on any atom is -0.495 e. The van der Waals surface area contributed by atoms with Gasteiger partial charge in [-0.05, 0) is 36.3 Å². The number of nitrogens with one attached hydrogen (secondary N) is 2. The number of carbonyl (C=O) groups is 1. The number of hydrogen-bond donors (Lipinski definition) is 2. The summed E-state index contributed by atoms with van der Waals surface area (Å²) in [6, 6.07) is 11.4. The standard InChI is InChI=1S/C30H28Cl2N4O4/c1-5-20(37)9-17-8-6-7-16(2)29(17)36-25-11-21-18(13-33-25)10-22(35-30(21)34-19-14-40-15-19)26-27(31)23(38-3)12-24(39-4)28(26)32/h5-8,10-13,19H,1,9,14-15H2,2-4H3,(H,33,36)(H,34,35). The number of benzene rings is 2. The number of aromatic nitrogens is 2. The van der Waals surface area contributed by atoms with E-state index in [0.29, 0.717) is 57.7 Å². The van der Waals surface area contributed by atoms with Crippen LogP contribution in [0.3, 0.4) is 0 Å². The number of para-hydroxylation sites is 1. The van der Waals surface area contributed by atoms with Gasteiger partial charge in [0.2, 0.25) is 0 Å². The first kappa shape index (κ1) is 27.7. The van der Waals surface area contributed by atoms with E-state index in [1.807, 2.05) is 37.3 Å². The molecule has 0 atom stereocenters. The Balaban J connectivity index is 1.62. The number of rotatable bonds is 10. The van der Waals surface area contributed by atoms with Crippen LogP contribution >= 0.6 is 23.2 Å². The van der Waals surface area contributed by atoms with Crippen LogP contribution in [0.5, 0.6) is 11.5 Å². The van der Waals surface area contributed by atoms with Gasteiger partial charge in [0.25, 0.3) is 0 Å². The van der Waals surface area contributed by atoms with Crippen molar-refractivity contribution in [2.24, 2.45) is 0 Å². The molecule has 8 nitrogen and oxygen atoms in total. The highest BCUT2D eigenvalue weighted by Crippen LogP contribution is 2.46. The van der Waals surface area contributed by atoms with Crippen molar-refractivity contribution in [2.75, 3.05) is 38.1 Å². The molecule has 1 fully saturated rings. The zero-order valence-corrected chi connectivity index (χ0v) is 23.8. The number of aryl methyl sites for hydroxylation is 1. The second kappa shape index (κ2) is 11.7. The Morgan fingerprint density at radius 2 is 1.88 bits per heavy atom. The predicted molar refractivity (Wildman–Crippen MR) is 160 cm³/mol. The van der Waals surface area contributed by atoms with Gasteiger partial charge >= 0.3 is 0 Å². The van der Waals surface area contributed by atoms with Crippen LogP contribution < -0.4 is 20.1 Å². The third kappa shape index (κ3) is 5.43. The Kier molecular flexibility index (Phi) is 8.12. The van der Waals surface area contributed by atoms with Gasteiger partial charge < -0.3 is 24.8 Å². The molecular formula is C30H28Cl2N4O4. The van der Waals surface area contributed by atoms with Crippen LogP contribution in [0.15, 0.2) is 55.3 Å². The molecule has 2 N–H and O–H groups in total. The number of allylic oxidation sites excluding steroid dienone is 1. The van der Waals surface area contributed by atoms with Gasteiger partial charge in [-0.25, -0.2) is 9.97 Å². The number of carbonyl (C=O) groups excluding carboxylic acids is 1. The van der Waals surface area contributed by atoms with Gasteiger partial charge in [-0.15, -0.1) is 0 Å². The van der Waals surface area contributed by atoms with Crippen LogP contribution in [0.2, 0.25) is 10.0 Å². The second-order valence-corrected chi connectivity index (χ2v) is 10.1. The molecule has 0 radical (unpaired) electrons. The van der Waals surface area contributed by atoms with Gasteiger partial charge in [-0.3, -0.25) is 4.79 Å². The van der Waals surface area contributed by atoms with Crippen LogP contribution in [0.25, 0.3) is 22.0 Å². The molecular weight excluding hydrogens is 551 g/mol. The molecule has 206 valence electrons. The number of halogens is 2. The third-order valence-electron chi connectivity index (χ3n) is 6.73. The van der Waals surface area contributed by atoms with E-state index in [1.165, 1.54) is 20.3 Å². The van der Waals surface area contributed by atoms with Crippen molar-refractivity contribution >= 4 is 57.1 Å². The van der Waals surface area contributed by atoms with Gasteiger partial charge in [-0.1, -0.05) is 48.0 Å². The van der Waals surface area contributed by atoms with Crippen LogP contribution in [-0.4, -0.2) is 49.2 Å². The summed E-state index contributed by atoms with van der Waals surface area (Å²) in [6.07, 6.45) is 3.34. The highest BCUT2D eigenvalue weighted by Gasteiger charge is 2.24. The summed E-state index contributed by atoms with van der Waals surface area (Å²) >= 11 is 13.4. The molecule has 40 heavy (non-hydrogen) atoms. The van der Waals surface area contributed by atoms with E-state index in [9.17, 15) is 4.79 Å². The number of ketones is 1. The number of pyridine rings is 2. The van der Waals surface area contributed by atoms with Crippen molar-refractivity contribution in [3.8, 4) is 22.8 Å². The first-order valence-electron chi connectivity index (χ1n) is 12.6. The van der Waals surface area contributed by atoms with E-state index in [0.717, 1.165) is 27.6 Å². The Bertz CT molecular complexity index is 1590. The quantitative estimate of drug-likeness (QED) is 0.199. The summed E-state index contributed by atoms with van der Waals surface area (Å²) in [7, 11) is 3.06. The number of methoxy groups -OCH3 is 2. The maximum Gasteiger partial charge on any atom is 0.159 e. The Morgan fingerprint density at radius 1 is 1.15 bits per heavy atom. The normalized spacial score (nSPS) is 13.0. The number of anilines is 3. The Hall–Kier alpha value is -3.85. The van der Waals surface area contributed by atoms with E-state index in [1.54, 1.807) is 12.3 Å². The third-order valence-corrected chi connectivity index (χ3v) is 7.48. The number of ether oxygens (including phenoxy) is 3. The lowest BCUT2D eigenvalue weighted by atomic mass is 10.0. The zero-order valence-electron chi connectivity index (χ0n) is 22.3. The lowest BCUT2D eigenvalue weighted by Gasteiger charge is -2.28. The van der Waals surface area contributed by atoms with Crippen molar-refractivity contribution < 1.29 is 19.0 Å². The molecule has 0 amide bonds. The smallest absolute Gasteiger partial charge is 0.159 e. The molecule has 5 rings (SSSR count). The molecule has 4 aromatic rings. The second-order valence-electron chi connectivity index (χ2n) is 9.39. The first-order chi connectivity index (χ1) is 19.3. The predicted octanol–water partition coefficient (Wildman–Crippen LogP) is 6.78. The summed E-state index contributed by atoms with van der Waals surface area (Å²) in [4.78, 5) is 21.7. The van der Waals surface area contributed by atoms with Gasteiger partial charge in [0.1, 0.15) is 23.1 Å². The molecule has 0 unspecified atom stereocenters. The van der Waals surface area contributed by atoms with Gasteiger partial charge in [-0.2, -0.15) is 0 Å². The summed E-state index contributed by atoms with van der Waals surface area (Å²) in [5.74, 6) is 2.02. The van der Waals surface area contributed by atoms with Crippen molar-refractivity contribution in [2.45, 2.75) is 19.4 Å². The topological polar surface area (TPSA) is 94.6 Å². The molecule has 2 aromatic carbocycles. The monoisotopic (exact) mass is 578 g/mol. The molecule has 10 heteroatoms. The van der Waals surface area contributed by atoms with Crippen LogP contribution in [0.4, 0.5) is 17.3 Å². The van der Waals surface area contributed by atoms with E-state index in [2.05, 4.69) is 22.2 Å². The SMILES string of the molecule is C=CC(=O)Cc1cccc(C)c1Nc1cc2c(NC3COC3)nc(-c3c(Cl)c(OC)cc(OC)c3Cl)cc2cn1. The molecule has 2 aromatic heterocycles. The highest BCUT2D eigenvalue weighted by atomic mass is 35.5. The van der Waals surface area contributed by atoms with Gasteiger partial charge in [0.05, 0.1) is 49.2 Å². The fourth-order valence-corrected chi connectivity index (χ4v) is 5.21. The fraction of sp³-hybridized carbons (Fsp3) is 0.233. The molecule has 0 aliphatic carbocycles. The van der Waals surface area contributed by atoms with Crippen molar-refractivity contribution in [1.29, 1.82) is 0 Å². The summed E-state index contributed by atoms with van der Waals surface area (Å²) in [5, 5.41) is 9.20. The van der Waals surface area contributed by atoms with Crippen LogP contribution in [0.1, 0.15) is 11.1 Å². The Morgan fingerprint density at radius 3 is 2.50 bits per heavy atom. The molecule has 1 aliphatic heterocycles. The van der Waals surface area contributed by atoms with E-state index in [4.69, 9.17) is 42.4 Å². The fourth-order valence-electron chi connectivity index (χ4n) is 4.52. The van der Waals surface area contributed by atoms with Crippen molar-refractivity contribution in [3.05, 3.63) is 76.4 Å². The minimum atomic E-state index is -0.0578. The summed E-state index contributed by atoms with van der Waals surface area (Å²) in [6.45, 7) is 6.72. The highest BCUT2D eigenvalue weighted by molar-refractivity contribution is 6.41. The number of fused-ring (bicyclic) bond motifs is 1. The number of nitrogens with zero attached hydrogens (tertiary/aromatic N) is 2. The number of hydrogen-bond acceptors (Lipinski definition) is 8. The first-order valence-corrected chi connectivity index (χ1v) is 13.3. The van der Waals surface area contributed by atoms with Crippen molar-refractivity contribution in [3.63, 3.8) is 0 Å². The van der Waals surface area contributed by atoms with Crippen molar-refractivity contribution in [1.82, 2.24) is 9.97 Å². The molecule has 1 aliphatic rings. The average Bonchev–Trinajstić information content (AvgIpc) is 2.92. The van der Waals surface area contributed by atoms with Crippen LogP contribution in [0, 0.1) is 6.92 Å². The zero-order chi connectivity index (χ0) is 28.4. The largest absolute Gasteiger partial charge is 0.495 e. The van der Waals surface area contributed by atoms with Gasteiger partial charge in [0, 0.05) is 40.7 Å². The van der Waals surface area contributed by atoms with E-state index < -0.39 is 0 Å². The molecule has 0 bridgehead atoms. The maximum atomic E-state index is 12.1. The molecule has 0 spiro atoms. The molecule has 3 heterocycles. The van der Waals surface area contributed by atoms with Gasteiger partial charge in [0.15, 0.2) is 5.78 Å². The van der Waals surface area contributed by atoms with E-state index in [-0.39, 0.29) is 18.2 Å². The maximum absolute atomic E-state index is 12.1. The summed E-state index contributed by atoms with van der Waals surface area (Å²) < 4.78 is 16.3. The van der Waals surface area contributed by atoms with E-state index >= 15 is 0 Å². The molecule has 1 saturated heterocycles. The lowest BCUT2D eigenvalue weighted by Crippen LogP contribution is -2.40. The average molecular weight is 579 g/mol. The lowest BCUT2D eigenvalue weighted by molar-refractivity contribution is -0.114. The molecule has 0 saturated carbocycles. The van der Waals surface area contributed by atoms with Crippen LogP contribution in [-0.2, 0) is 16.0 Å².